The summed E-state index contributed by atoms with van der Waals surface area (Å²) >= 11 is 0. The number of nitrogens with zero attached hydrogens (tertiary/aromatic N) is 2. The first-order valence-corrected chi connectivity index (χ1v) is 9.20. The molecule has 0 radical (unpaired) electrons. The van der Waals surface area contributed by atoms with Crippen LogP contribution in [0.4, 0.5) is 4.79 Å². The van der Waals surface area contributed by atoms with Crippen molar-refractivity contribution < 1.29 is 14.4 Å². The molecule has 0 bridgehead atoms. The molecule has 2 atom stereocenters. The number of hydrogen-bond acceptors (Lipinski definition) is 3. The van der Waals surface area contributed by atoms with Crippen molar-refractivity contribution in [3.63, 3.8) is 0 Å². The van der Waals surface area contributed by atoms with E-state index < -0.39 is 0 Å². The summed E-state index contributed by atoms with van der Waals surface area (Å²) in [7, 11) is 1.68. The second kappa shape index (κ2) is 7.38. The lowest BCUT2D eigenvalue weighted by molar-refractivity contribution is 0.139. The van der Waals surface area contributed by atoms with Crippen molar-refractivity contribution in [3.05, 3.63) is 65.7 Å². The fraction of sp³-hybridized carbons (Fsp3) is 0.381. The summed E-state index contributed by atoms with van der Waals surface area (Å²) in [5.41, 5.74) is 2.34. The van der Waals surface area contributed by atoms with E-state index in [-0.39, 0.29) is 12.3 Å². The van der Waals surface area contributed by atoms with E-state index >= 15 is 0 Å². The first kappa shape index (κ1) is 16.9. The minimum Gasteiger partial charge on any atom is -0.497 e. The second-order valence-electron chi connectivity index (χ2n) is 6.86. The highest BCUT2D eigenvalue weighted by Gasteiger charge is 2.44. The van der Waals surface area contributed by atoms with Crippen LogP contribution >= 0.6 is 0 Å². The molecule has 2 aliphatic rings. The van der Waals surface area contributed by atoms with Crippen molar-refractivity contribution in [1.82, 2.24) is 9.96 Å². The maximum absolute atomic E-state index is 12.7. The predicted molar refractivity (Wildman–Crippen MR) is 98.7 cm³/mol. The van der Waals surface area contributed by atoms with Gasteiger partial charge in [-0.25, -0.2) is 9.63 Å². The predicted octanol–water partition coefficient (Wildman–Crippen LogP) is 4.33. The van der Waals surface area contributed by atoms with E-state index in [2.05, 4.69) is 12.1 Å². The fourth-order valence-corrected chi connectivity index (χ4v) is 3.68. The quantitative estimate of drug-likeness (QED) is 0.772. The number of hydroxylamine groups is 2. The monoisotopic (exact) mass is 352 g/mol. The molecule has 4 rings (SSSR count). The molecular weight excluding hydrogens is 328 g/mol. The van der Waals surface area contributed by atoms with Gasteiger partial charge in [-0.1, -0.05) is 42.5 Å². The van der Waals surface area contributed by atoms with Gasteiger partial charge in [-0.15, -0.1) is 0 Å². The largest absolute Gasteiger partial charge is 0.497 e. The summed E-state index contributed by atoms with van der Waals surface area (Å²) in [6, 6.07) is 18.1. The van der Waals surface area contributed by atoms with Crippen molar-refractivity contribution in [2.75, 3.05) is 20.2 Å². The Hall–Kier alpha value is -2.53. The van der Waals surface area contributed by atoms with Crippen LogP contribution in [0.2, 0.25) is 0 Å². The van der Waals surface area contributed by atoms with Crippen LogP contribution in [-0.4, -0.2) is 36.2 Å². The molecule has 2 fully saturated rings. The normalized spacial score (nSPS) is 22.7. The van der Waals surface area contributed by atoms with Crippen LogP contribution in [0.1, 0.15) is 42.5 Å². The number of rotatable bonds is 3. The molecule has 2 amide bonds. The Balaban J connectivity index is 1.35. The average Bonchev–Trinajstić information content (AvgIpc) is 3.52. The Labute approximate surface area is 154 Å². The van der Waals surface area contributed by atoms with Gasteiger partial charge in [0.15, 0.2) is 0 Å². The molecule has 0 aromatic heterocycles. The standard InChI is InChI=1S/C21H24N2O3/c1-25-19-11-9-17(10-12-19)16-8-5-14-22(15-13-16)21(24)23-20(26-23)18-6-3-2-4-7-18/h2-4,6-7,9-12,16,20H,5,8,13-15H2,1H3. The Bertz CT molecular complexity index is 748. The maximum atomic E-state index is 12.7. The molecule has 2 aromatic rings. The van der Waals surface area contributed by atoms with Gasteiger partial charge in [0.25, 0.3) is 0 Å². The van der Waals surface area contributed by atoms with Crippen LogP contribution in [0.5, 0.6) is 5.75 Å². The average molecular weight is 352 g/mol. The first-order valence-electron chi connectivity index (χ1n) is 9.20. The van der Waals surface area contributed by atoms with E-state index in [0.717, 1.165) is 43.7 Å². The highest BCUT2D eigenvalue weighted by Crippen LogP contribution is 2.38. The van der Waals surface area contributed by atoms with Crippen LogP contribution in [-0.2, 0) is 4.84 Å². The first-order chi connectivity index (χ1) is 12.8. The number of methoxy groups -OCH3 is 1. The zero-order chi connectivity index (χ0) is 17.9. The molecule has 26 heavy (non-hydrogen) atoms. The van der Waals surface area contributed by atoms with E-state index in [1.165, 1.54) is 10.6 Å². The van der Waals surface area contributed by atoms with Crippen molar-refractivity contribution in [2.24, 2.45) is 0 Å². The zero-order valence-corrected chi connectivity index (χ0v) is 15.0. The Kier molecular flexibility index (Phi) is 4.80. The van der Waals surface area contributed by atoms with Crippen LogP contribution in [0.3, 0.4) is 0 Å². The van der Waals surface area contributed by atoms with Gasteiger partial charge in [-0.3, -0.25) is 0 Å². The molecule has 136 valence electrons. The summed E-state index contributed by atoms with van der Waals surface area (Å²) in [4.78, 5) is 20.2. The third-order valence-corrected chi connectivity index (χ3v) is 5.24. The summed E-state index contributed by atoms with van der Waals surface area (Å²) in [5, 5.41) is 1.49. The zero-order valence-electron chi connectivity index (χ0n) is 15.0. The number of benzene rings is 2. The van der Waals surface area contributed by atoms with Crippen molar-refractivity contribution in [1.29, 1.82) is 0 Å². The molecule has 0 N–H and O–H groups in total. The summed E-state index contributed by atoms with van der Waals surface area (Å²) in [5.74, 6) is 1.36. The number of carbonyl (C=O) groups excluding carboxylic acids is 1. The number of likely N-dealkylation sites (tertiary alicyclic amines) is 1. The second-order valence-corrected chi connectivity index (χ2v) is 6.86. The van der Waals surface area contributed by atoms with Gasteiger partial charge in [0.2, 0.25) is 6.23 Å². The molecule has 2 unspecified atom stereocenters. The molecule has 2 aliphatic heterocycles. The third-order valence-electron chi connectivity index (χ3n) is 5.24. The van der Waals surface area contributed by atoms with Gasteiger partial charge in [0, 0.05) is 18.7 Å². The molecule has 5 heteroatoms. The Morgan fingerprint density at radius 3 is 2.50 bits per heavy atom. The van der Waals surface area contributed by atoms with Crippen LogP contribution in [0.15, 0.2) is 54.6 Å². The van der Waals surface area contributed by atoms with Gasteiger partial charge < -0.3 is 9.64 Å². The maximum Gasteiger partial charge on any atom is 0.346 e. The van der Waals surface area contributed by atoms with Gasteiger partial charge >= 0.3 is 6.03 Å². The van der Waals surface area contributed by atoms with Crippen molar-refractivity contribution in [3.8, 4) is 5.75 Å². The molecule has 0 saturated carbocycles. The smallest absolute Gasteiger partial charge is 0.346 e. The highest BCUT2D eigenvalue weighted by molar-refractivity contribution is 5.75. The molecule has 0 spiro atoms. The third kappa shape index (κ3) is 3.53. The lowest BCUT2D eigenvalue weighted by Crippen LogP contribution is -2.35. The van der Waals surface area contributed by atoms with E-state index in [9.17, 15) is 4.79 Å². The number of carbonyl (C=O) groups is 1. The van der Waals surface area contributed by atoms with E-state index in [4.69, 9.17) is 9.57 Å². The van der Waals surface area contributed by atoms with Crippen molar-refractivity contribution in [2.45, 2.75) is 31.4 Å². The number of urea groups is 1. The fourth-order valence-electron chi connectivity index (χ4n) is 3.68. The summed E-state index contributed by atoms with van der Waals surface area (Å²) < 4.78 is 5.24. The van der Waals surface area contributed by atoms with E-state index in [1.807, 2.05) is 47.4 Å². The summed E-state index contributed by atoms with van der Waals surface area (Å²) in [6.45, 7) is 1.55. The Morgan fingerprint density at radius 2 is 1.77 bits per heavy atom. The van der Waals surface area contributed by atoms with Gasteiger partial charge in [0.1, 0.15) is 5.75 Å². The molecule has 0 aliphatic carbocycles. The highest BCUT2D eigenvalue weighted by atomic mass is 16.8. The van der Waals surface area contributed by atoms with E-state index in [0.29, 0.717) is 5.92 Å². The van der Waals surface area contributed by atoms with Crippen LogP contribution in [0, 0.1) is 0 Å². The topological polar surface area (TPSA) is 45.1 Å². The minimum atomic E-state index is -0.232. The van der Waals surface area contributed by atoms with Gasteiger partial charge in [0.05, 0.1) is 7.11 Å². The lowest BCUT2D eigenvalue weighted by Gasteiger charge is -2.20. The SMILES string of the molecule is COc1ccc(C2CCCN(C(=O)N3OC3c3ccccc3)CC2)cc1. The van der Waals surface area contributed by atoms with Crippen LogP contribution in [0.25, 0.3) is 0 Å². The molecule has 5 nitrogen and oxygen atoms in total. The number of amides is 2. The summed E-state index contributed by atoms with van der Waals surface area (Å²) in [6.07, 6.45) is 2.84. The molecule has 2 saturated heterocycles. The minimum absolute atomic E-state index is 0.0192. The van der Waals surface area contributed by atoms with E-state index in [1.54, 1.807) is 7.11 Å². The Morgan fingerprint density at radius 1 is 1.00 bits per heavy atom. The van der Waals surface area contributed by atoms with Crippen LogP contribution < -0.4 is 4.74 Å². The molecule has 2 aromatic carbocycles. The van der Waals surface area contributed by atoms with Crippen molar-refractivity contribution >= 4 is 6.03 Å². The molecular formula is C21H24N2O3. The lowest BCUT2D eigenvalue weighted by atomic mass is 9.92. The number of ether oxygens (including phenoxy) is 1. The van der Waals surface area contributed by atoms with Gasteiger partial charge in [-0.05, 0) is 42.9 Å². The number of hydrogen-bond donors (Lipinski definition) is 0. The molecule has 2 heterocycles. The van der Waals surface area contributed by atoms with Gasteiger partial charge in [-0.2, -0.15) is 5.06 Å².